The standard InChI is InChI=1S/C24H22ClFN4O4/c1-16-4-2-5-19(14-16)28-24(32)29(20-9-7-18(26)8-10-20)13-3-12-27-23(31)17-6-11-21(25)22(15-17)30(33)34/h2,4-11,14-15H,3,12-13H2,1H3,(H,27,31)(H,28,32). The average molecular weight is 485 g/mol. The van der Waals surface area contributed by atoms with Crippen LogP contribution in [0.15, 0.2) is 66.7 Å². The largest absolute Gasteiger partial charge is 0.352 e. The third-order valence-corrected chi connectivity index (χ3v) is 5.22. The van der Waals surface area contributed by atoms with Crippen LogP contribution in [0, 0.1) is 22.9 Å². The Morgan fingerprint density at radius 1 is 1.09 bits per heavy atom. The van der Waals surface area contributed by atoms with Crippen molar-refractivity contribution in [3.05, 3.63) is 98.8 Å². The van der Waals surface area contributed by atoms with Gasteiger partial charge in [-0.25, -0.2) is 9.18 Å². The fourth-order valence-electron chi connectivity index (χ4n) is 3.22. The van der Waals surface area contributed by atoms with E-state index in [1.165, 1.54) is 41.3 Å². The number of carbonyl (C=O) groups excluding carboxylic acids is 2. The third kappa shape index (κ3) is 6.52. The number of anilines is 2. The summed E-state index contributed by atoms with van der Waals surface area (Å²) < 4.78 is 13.4. The Morgan fingerprint density at radius 2 is 1.82 bits per heavy atom. The molecule has 3 aromatic carbocycles. The Labute approximate surface area is 200 Å². The molecule has 0 saturated heterocycles. The SMILES string of the molecule is Cc1cccc(NC(=O)N(CCCNC(=O)c2ccc(Cl)c([N+](=O)[O-])c2)c2ccc(F)cc2)c1. The zero-order chi connectivity index (χ0) is 24.7. The topological polar surface area (TPSA) is 105 Å². The van der Waals surface area contributed by atoms with Crippen molar-refractivity contribution < 1.29 is 18.9 Å². The molecule has 0 fully saturated rings. The van der Waals surface area contributed by atoms with Crippen LogP contribution < -0.4 is 15.5 Å². The molecule has 176 valence electrons. The normalized spacial score (nSPS) is 10.4. The van der Waals surface area contributed by atoms with Crippen LogP contribution in [0.5, 0.6) is 0 Å². The Morgan fingerprint density at radius 3 is 2.50 bits per heavy atom. The second-order valence-electron chi connectivity index (χ2n) is 7.46. The zero-order valence-electron chi connectivity index (χ0n) is 18.3. The molecule has 0 spiro atoms. The predicted octanol–water partition coefficient (Wildman–Crippen LogP) is 5.55. The van der Waals surface area contributed by atoms with Crippen molar-refractivity contribution in [1.29, 1.82) is 0 Å². The van der Waals surface area contributed by atoms with Crippen LogP contribution in [0.1, 0.15) is 22.3 Å². The molecule has 0 aliphatic rings. The molecule has 34 heavy (non-hydrogen) atoms. The first-order valence-corrected chi connectivity index (χ1v) is 10.8. The third-order valence-electron chi connectivity index (χ3n) is 4.90. The minimum absolute atomic E-state index is 0.0592. The molecular formula is C24H22ClFN4O4. The maximum absolute atomic E-state index is 13.4. The van der Waals surface area contributed by atoms with Crippen LogP contribution in [0.3, 0.4) is 0 Å². The lowest BCUT2D eigenvalue weighted by Gasteiger charge is -2.23. The first kappa shape index (κ1) is 24.7. The molecule has 0 unspecified atom stereocenters. The fraction of sp³-hybridized carbons (Fsp3) is 0.167. The second kappa shape index (κ2) is 11.2. The molecule has 2 N–H and O–H groups in total. The van der Waals surface area contributed by atoms with Crippen molar-refractivity contribution in [3.8, 4) is 0 Å². The summed E-state index contributed by atoms with van der Waals surface area (Å²) in [5, 5.41) is 16.5. The van der Waals surface area contributed by atoms with Gasteiger partial charge in [0.2, 0.25) is 0 Å². The van der Waals surface area contributed by atoms with E-state index in [0.29, 0.717) is 17.8 Å². The molecule has 0 aliphatic carbocycles. The maximum Gasteiger partial charge on any atom is 0.326 e. The predicted molar refractivity (Wildman–Crippen MR) is 129 cm³/mol. The number of amides is 3. The van der Waals surface area contributed by atoms with Crippen molar-refractivity contribution in [2.75, 3.05) is 23.3 Å². The summed E-state index contributed by atoms with van der Waals surface area (Å²) in [6.45, 7) is 2.33. The summed E-state index contributed by atoms with van der Waals surface area (Å²) in [6, 6.07) is 16.2. The van der Waals surface area contributed by atoms with Gasteiger partial charge >= 0.3 is 6.03 Å². The number of rotatable bonds is 8. The molecule has 0 atom stereocenters. The second-order valence-corrected chi connectivity index (χ2v) is 7.87. The Kier molecular flexibility index (Phi) is 8.15. The van der Waals surface area contributed by atoms with Gasteiger partial charge in [0.25, 0.3) is 11.6 Å². The quantitative estimate of drug-likeness (QED) is 0.248. The first-order valence-electron chi connectivity index (χ1n) is 10.4. The molecular weight excluding hydrogens is 463 g/mol. The van der Waals surface area contributed by atoms with Gasteiger partial charge in [-0.3, -0.25) is 19.8 Å². The van der Waals surface area contributed by atoms with Gasteiger partial charge in [-0.2, -0.15) is 0 Å². The fourth-order valence-corrected chi connectivity index (χ4v) is 3.40. The van der Waals surface area contributed by atoms with E-state index in [4.69, 9.17) is 11.6 Å². The van der Waals surface area contributed by atoms with E-state index in [1.54, 1.807) is 6.07 Å². The molecule has 8 nitrogen and oxygen atoms in total. The van der Waals surface area contributed by atoms with Crippen molar-refractivity contribution >= 4 is 40.6 Å². The van der Waals surface area contributed by atoms with Gasteiger partial charge in [-0.05, 0) is 67.4 Å². The molecule has 3 aromatic rings. The van der Waals surface area contributed by atoms with Gasteiger partial charge in [-0.1, -0.05) is 23.7 Å². The number of halogens is 2. The Bertz CT molecular complexity index is 1200. The van der Waals surface area contributed by atoms with E-state index < -0.39 is 22.7 Å². The number of nitro groups is 1. The highest BCUT2D eigenvalue weighted by molar-refractivity contribution is 6.32. The molecule has 0 aromatic heterocycles. The summed E-state index contributed by atoms with van der Waals surface area (Å²) in [7, 11) is 0. The van der Waals surface area contributed by atoms with Crippen molar-refractivity contribution in [2.45, 2.75) is 13.3 Å². The van der Waals surface area contributed by atoms with Crippen molar-refractivity contribution in [2.24, 2.45) is 0 Å². The number of hydrogen-bond donors (Lipinski definition) is 2. The summed E-state index contributed by atoms with van der Waals surface area (Å²) >= 11 is 5.78. The Hall–Kier alpha value is -3.98. The number of hydrogen-bond acceptors (Lipinski definition) is 4. The Balaban J connectivity index is 1.64. The molecule has 0 radical (unpaired) electrons. The van der Waals surface area contributed by atoms with Gasteiger partial charge in [0.15, 0.2) is 0 Å². The number of carbonyl (C=O) groups is 2. The van der Waals surface area contributed by atoms with E-state index in [2.05, 4.69) is 10.6 Å². The van der Waals surface area contributed by atoms with Crippen LogP contribution in [0.4, 0.5) is 26.2 Å². The number of urea groups is 1. The number of aryl methyl sites for hydroxylation is 1. The van der Waals surface area contributed by atoms with Crippen molar-refractivity contribution in [3.63, 3.8) is 0 Å². The van der Waals surface area contributed by atoms with E-state index in [-0.39, 0.29) is 29.4 Å². The van der Waals surface area contributed by atoms with Gasteiger partial charge in [0.1, 0.15) is 10.8 Å². The van der Waals surface area contributed by atoms with Gasteiger partial charge in [0.05, 0.1) is 4.92 Å². The summed E-state index contributed by atoms with van der Waals surface area (Å²) in [4.78, 5) is 37.1. The molecule has 3 rings (SSSR count). The molecule has 0 aliphatic heterocycles. The number of nitrogens with zero attached hydrogens (tertiary/aromatic N) is 2. The zero-order valence-corrected chi connectivity index (χ0v) is 19.0. The number of nitrogens with one attached hydrogen (secondary N) is 2. The lowest BCUT2D eigenvalue weighted by molar-refractivity contribution is -0.384. The smallest absolute Gasteiger partial charge is 0.326 e. The van der Waals surface area contributed by atoms with Gasteiger partial charge < -0.3 is 10.6 Å². The average Bonchev–Trinajstić information content (AvgIpc) is 2.80. The van der Waals surface area contributed by atoms with E-state index >= 15 is 0 Å². The van der Waals surface area contributed by atoms with Crippen LogP contribution in [-0.4, -0.2) is 30.0 Å². The highest BCUT2D eigenvalue weighted by Gasteiger charge is 2.18. The minimum Gasteiger partial charge on any atom is -0.352 e. The van der Waals surface area contributed by atoms with Gasteiger partial charge in [-0.15, -0.1) is 0 Å². The monoisotopic (exact) mass is 484 g/mol. The minimum atomic E-state index is -0.660. The van der Waals surface area contributed by atoms with Crippen LogP contribution in [-0.2, 0) is 0 Å². The molecule has 0 heterocycles. The highest BCUT2D eigenvalue weighted by Crippen LogP contribution is 2.25. The van der Waals surface area contributed by atoms with Crippen molar-refractivity contribution in [1.82, 2.24) is 5.32 Å². The molecule has 10 heteroatoms. The van der Waals surface area contributed by atoms with E-state index in [1.807, 2.05) is 25.1 Å². The number of nitro benzene ring substituents is 1. The lowest BCUT2D eigenvalue weighted by atomic mass is 10.2. The number of benzene rings is 3. The molecule has 0 bridgehead atoms. The molecule has 3 amide bonds. The first-order chi connectivity index (χ1) is 16.2. The highest BCUT2D eigenvalue weighted by atomic mass is 35.5. The summed E-state index contributed by atoms with van der Waals surface area (Å²) in [6.07, 6.45) is 0.375. The van der Waals surface area contributed by atoms with Crippen LogP contribution in [0.25, 0.3) is 0 Å². The summed E-state index contributed by atoms with van der Waals surface area (Å²) in [5.41, 5.74) is 1.84. The van der Waals surface area contributed by atoms with Crippen LogP contribution in [0.2, 0.25) is 5.02 Å². The van der Waals surface area contributed by atoms with E-state index in [9.17, 15) is 24.1 Å². The van der Waals surface area contributed by atoms with Gasteiger partial charge in [0, 0.05) is 36.1 Å². The van der Waals surface area contributed by atoms with E-state index in [0.717, 1.165) is 11.6 Å². The summed E-state index contributed by atoms with van der Waals surface area (Å²) in [5.74, 6) is -0.926. The van der Waals surface area contributed by atoms with Crippen LogP contribution >= 0.6 is 11.6 Å². The lowest BCUT2D eigenvalue weighted by Crippen LogP contribution is -2.37. The maximum atomic E-state index is 13.4. The molecule has 0 saturated carbocycles.